The Morgan fingerprint density at radius 2 is 1.79 bits per heavy atom. The van der Waals surface area contributed by atoms with Crippen LogP contribution in [0.2, 0.25) is 0 Å². The SMILES string of the molecule is N#Cc1cccc(C(=O)Nc2cccc(-c3cn4ccnc4c(Nc4ccc(N5CCOCC5)cc4)n3)c2)c1. The highest BCUT2D eigenvalue weighted by atomic mass is 16.5. The summed E-state index contributed by atoms with van der Waals surface area (Å²) in [6.45, 7) is 3.26. The zero-order valence-corrected chi connectivity index (χ0v) is 21.0. The number of imidazole rings is 1. The summed E-state index contributed by atoms with van der Waals surface area (Å²) >= 11 is 0. The quantitative estimate of drug-likeness (QED) is 0.324. The van der Waals surface area contributed by atoms with Crippen LogP contribution < -0.4 is 15.5 Å². The maximum Gasteiger partial charge on any atom is 0.255 e. The van der Waals surface area contributed by atoms with Crippen LogP contribution in [0.15, 0.2) is 91.4 Å². The fraction of sp³-hybridized carbons (Fsp3) is 0.133. The van der Waals surface area contributed by atoms with Crippen LogP contribution in [0.4, 0.5) is 22.9 Å². The van der Waals surface area contributed by atoms with Crippen LogP contribution in [0.3, 0.4) is 0 Å². The van der Waals surface area contributed by atoms with Crippen molar-refractivity contribution >= 4 is 34.4 Å². The van der Waals surface area contributed by atoms with Gasteiger partial charge in [-0.1, -0.05) is 18.2 Å². The van der Waals surface area contributed by atoms with Gasteiger partial charge in [0.25, 0.3) is 5.91 Å². The maximum absolute atomic E-state index is 12.8. The van der Waals surface area contributed by atoms with E-state index in [1.807, 2.05) is 53.2 Å². The average molecular weight is 516 g/mol. The van der Waals surface area contributed by atoms with Crippen molar-refractivity contribution in [3.63, 3.8) is 0 Å². The lowest BCUT2D eigenvalue weighted by molar-refractivity contribution is 0.102. The lowest BCUT2D eigenvalue weighted by atomic mass is 10.1. The number of carbonyl (C=O) groups excluding carboxylic acids is 1. The standard InChI is InChI=1S/C30H25N7O2/c31-19-21-3-1-5-23(17-21)30(38)34-25-6-2-4-22(18-25)27-20-37-12-11-32-29(37)28(35-27)33-24-7-9-26(10-8-24)36-13-15-39-16-14-36/h1-12,17-18,20H,13-16H2,(H,33,35)(H,34,38). The monoisotopic (exact) mass is 515 g/mol. The molecule has 0 unspecified atom stereocenters. The fourth-order valence-electron chi connectivity index (χ4n) is 4.56. The summed E-state index contributed by atoms with van der Waals surface area (Å²) in [6, 6.07) is 24.4. The Kier molecular flexibility index (Phi) is 6.60. The highest BCUT2D eigenvalue weighted by molar-refractivity contribution is 6.04. The number of nitrogens with zero attached hydrogens (tertiary/aromatic N) is 5. The van der Waals surface area contributed by atoms with E-state index in [1.165, 1.54) is 0 Å². The Morgan fingerprint density at radius 1 is 0.974 bits per heavy atom. The smallest absolute Gasteiger partial charge is 0.255 e. The molecule has 3 aromatic carbocycles. The second-order valence-corrected chi connectivity index (χ2v) is 9.13. The van der Waals surface area contributed by atoms with E-state index in [2.05, 4.69) is 38.7 Å². The molecule has 0 radical (unpaired) electrons. The minimum atomic E-state index is -0.287. The molecule has 0 atom stereocenters. The molecule has 1 fully saturated rings. The Bertz CT molecular complexity index is 1680. The van der Waals surface area contributed by atoms with Gasteiger partial charge in [-0.2, -0.15) is 5.26 Å². The van der Waals surface area contributed by atoms with Crippen molar-refractivity contribution < 1.29 is 9.53 Å². The first-order valence-electron chi connectivity index (χ1n) is 12.6. The van der Waals surface area contributed by atoms with Crippen molar-refractivity contribution in [1.82, 2.24) is 14.4 Å². The second-order valence-electron chi connectivity index (χ2n) is 9.13. The van der Waals surface area contributed by atoms with E-state index >= 15 is 0 Å². The number of fused-ring (bicyclic) bond motifs is 1. The van der Waals surface area contributed by atoms with Gasteiger partial charge in [-0.25, -0.2) is 9.97 Å². The Morgan fingerprint density at radius 3 is 2.62 bits per heavy atom. The molecule has 2 aromatic heterocycles. The van der Waals surface area contributed by atoms with E-state index in [4.69, 9.17) is 15.0 Å². The van der Waals surface area contributed by atoms with E-state index in [-0.39, 0.29) is 5.91 Å². The lowest BCUT2D eigenvalue weighted by Gasteiger charge is -2.28. The first-order chi connectivity index (χ1) is 19.2. The minimum absolute atomic E-state index is 0.287. The van der Waals surface area contributed by atoms with Gasteiger partial charge in [-0.15, -0.1) is 0 Å². The molecule has 9 heteroatoms. The highest BCUT2D eigenvalue weighted by Gasteiger charge is 2.14. The molecule has 0 spiro atoms. The molecule has 192 valence electrons. The molecule has 0 saturated carbocycles. The van der Waals surface area contributed by atoms with Crippen molar-refractivity contribution in [3.8, 4) is 17.3 Å². The van der Waals surface area contributed by atoms with Crippen LogP contribution in [0.1, 0.15) is 15.9 Å². The highest BCUT2D eigenvalue weighted by Crippen LogP contribution is 2.27. The number of benzene rings is 3. The van der Waals surface area contributed by atoms with E-state index in [0.29, 0.717) is 28.3 Å². The van der Waals surface area contributed by atoms with E-state index in [1.54, 1.807) is 30.5 Å². The number of hydrogen-bond acceptors (Lipinski definition) is 7. The number of ether oxygens (including phenoxy) is 1. The summed E-state index contributed by atoms with van der Waals surface area (Å²) < 4.78 is 7.38. The number of rotatable bonds is 6. The van der Waals surface area contributed by atoms with Crippen molar-refractivity contribution in [3.05, 3.63) is 103 Å². The molecule has 1 aliphatic heterocycles. The van der Waals surface area contributed by atoms with Crippen LogP contribution in [0.5, 0.6) is 0 Å². The van der Waals surface area contributed by atoms with Gasteiger partial charge in [0.2, 0.25) is 0 Å². The molecule has 6 rings (SSSR count). The molecule has 3 heterocycles. The molecule has 39 heavy (non-hydrogen) atoms. The van der Waals surface area contributed by atoms with Gasteiger partial charge < -0.3 is 24.7 Å². The summed E-state index contributed by atoms with van der Waals surface area (Å²) in [6.07, 6.45) is 5.52. The molecule has 1 aliphatic rings. The van der Waals surface area contributed by atoms with E-state index in [0.717, 1.165) is 48.9 Å². The first-order valence-corrected chi connectivity index (χ1v) is 12.6. The predicted molar refractivity (Wildman–Crippen MR) is 150 cm³/mol. The number of anilines is 4. The number of nitrogens with one attached hydrogen (secondary N) is 2. The van der Waals surface area contributed by atoms with Crippen molar-refractivity contribution in [1.29, 1.82) is 5.26 Å². The number of morpholine rings is 1. The van der Waals surface area contributed by atoms with Crippen molar-refractivity contribution in [2.45, 2.75) is 0 Å². The molecule has 0 aliphatic carbocycles. The molecular weight excluding hydrogens is 490 g/mol. The molecule has 1 saturated heterocycles. The van der Waals surface area contributed by atoms with E-state index < -0.39 is 0 Å². The lowest BCUT2D eigenvalue weighted by Crippen LogP contribution is -2.36. The summed E-state index contributed by atoms with van der Waals surface area (Å²) in [7, 11) is 0. The fourth-order valence-corrected chi connectivity index (χ4v) is 4.56. The molecule has 0 bridgehead atoms. The van der Waals surface area contributed by atoms with Gasteiger partial charge in [-0.3, -0.25) is 4.79 Å². The third-order valence-corrected chi connectivity index (χ3v) is 6.55. The number of nitriles is 1. The molecular formula is C30H25N7O2. The summed E-state index contributed by atoms with van der Waals surface area (Å²) in [5.41, 5.74) is 5.80. The van der Waals surface area contributed by atoms with Crippen LogP contribution in [-0.4, -0.2) is 46.6 Å². The van der Waals surface area contributed by atoms with Gasteiger partial charge in [0, 0.05) is 59.9 Å². The Balaban J connectivity index is 1.25. The number of hydrogen-bond donors (Lipinski definition) is 2. The Hall–Kier alpha value is -5.20. The van der Waals surface area contributed by atoms with Crippen LogP contribution in [-0.2, 0) is 4.74 Å². The summed E-state index contributed by atoms with van der Waals surface area (Å²) in [5.74, 6) is 0.338. The molecule has 9 nitrogen and oxygen atoms in total. The van der Waals surface area contributed by atoms with Gasteiger partial charge in [0.15, 0.2) is 11.5 Å². The zero-order chi connectivity index (χ0) is 26.6. The maximum atomic E-state index is 12.8. The topological polar surface area (TPSA) is 108 Å². The van der Waals surface area contributed by atoms with Crippen LogP contribution >= 0.6 is 0 Å². The minimum Gasteiger partial charge on any atom is -0.378 e. The Labute approximate surface area is 225 Å². The number of aromatic nitrogens is 3. The zero-order valence-electron chi connectivity index (χ0n) is 21.0. The number of carbonyl (C=O) groups is 1. The van der Waals surface area contributed by atoms with Crippen molar-refractivity contribution in [2.75, 3.05) is 41.8 Å². The predicted octanol–water partition coefficient (Wildman–Crippen LogP) is 5.10. The van der Waals surface area contributed by atoms with Crippen molar-refractivity contribution in [2.24, 2.45) is 0 Å². The summed E-state index contributed by atoms with van der Waals surface area (Å²) in [5, 5.41) is 15.5. The summed E-state index contributed by atoms with van der Waals surface area (Å²) in [4.78, 5) is 24.5. The van der Waals surface area contributed by atoms with Gasteiger partial charge in [-0.05, 0) is 54.6 Å². The van der Waals surface area contributed by atoms with Gasteiger partial charge in [0.1, 0.15) is 0 Å². The first kappa shape index (κ1) is 24.2. The third kappa shape index (κ3) is 5.28. The third-order valence-electron chi connectivity index (χ3n) is 6.55. The normalized spacial score (nSPS) is 13.2. The largest absolute Gasteiger partial charge is 0.378 e. The molecule has 5 aromatic rings. The van der Waals surface area contributed by atoms with Crippen LogP contribution in [0.25, 0.3) is 16.9 Å². The number of amides is 1. The van der Waals surface area contributed by atoms with Crippen LogP contribution in [0, 0.1) is 11.3 Å². The average Bonchev–Trinajstić information content (AvgIpc) is 3.47. The molecule has 1 amide bonds. The van der Waals surface area contributed by atoms with Gasteiger partial charge in [0.05, 0.1) is 30.5 Å². The van der Waals surface area contributed by atoms with Gasteiger partial charge >= 0.3 is 0 Å². The second kappa shape index (κ2) is 10.7. The molecule has 2 N–H and O–H groups in total. The van der Waals surface area contributed by atoms with E-state index in [9.17, 15) is 4.79 Å².